The number of sulfonamides is 1. The van der Waals surface area contributed by atoms with Gasteiger partial charge in [-0.15, -0.1) is 10.2 Å². The second-order valence-corrected chi connectivity index (χ2v) is 10.6. The van der Waals surface area contributed by atoms with Crippen molar-refractivity contribution in [2.75, 3.05) is 21.6 Å². The molecule has 0 aliphatic heterocycles. The normalized spacial score (nSPS) is 12.6. The van der Waals surface area contributed by atoms with E-state index < -0.39 is 22.0 Å². The number of anilines is 2. The molecule has 7 nitrogen and oxygen atoms in total. The van der Waals surface area contributed by atoms with Crippen molar-refractivity contribution in [2.45, 2.75) is 30.6 Å². The van der Waals surface area contributed by atoms with Crippen LogP contribution in [-0.4, -0.2) is 42.6 Å². The number of nitrogens with zero attached hydrogens (tertiary/aromatic N) is 3. The van der Waals surface area contributed by atoms with Crippen molar-refractivity contribution in [1.29, 1.82) is 0 Å². The van der Waals surface area contributed by atoms with Crippen molar-refractivity contribution in [3.63, 3.8) is 0 Å². The summed E-state index contributed by atoms with van der Waals surface area (Å²) in [6.45, 7) is 3.69. The molecule has 0 bridgehead atoms. The highest BCUT2D eigenvalue weighted by Gasteiger charge is 2.33. The minimum absolute atomic E-state index is 0.146. The van der Waals surface area contributed by atoms with Gasteiger partial charge in [0.2, 0.25) is 21.1 Å². The summed E-state index contributed by atoms with van der Waals surface area (Å²) in [5.74, 6) is 0.304. The van der Waals surface area contributed by atoms with Gasteiger partial charge in [-0.2, -0.15) is 0 Å². The van der Waals surface area contributed by atoms with Gasteiger partial charge in [0, 0.05) is 5.02 Å². The second-order valence-electron chi connectivity index (χ2n) is 5.37. The average Bonchev–Trinajstić information content (AvgIpc) is 3.01. The van der Waals surface area contributed by atoms with Gasteiger partial charge in [0.1, 0.15) is 6.04 Å². The molecule has 1 amide bonds. The van der Waals surface area contributed by atoms with Crippen molar-refractivity contribution >= 4 is 73.0 Å². The SMILES string of the molecule is CCSc1nnc(NC(=O)[C@@H](CC)N(c2cc(Cl)ccc2Cl)S(C)(=O)=O)s1. The molecule has 27 heavy (non-hydrogen) atoms. The fraction of sp³-hybridized carbons (Fsp3) is 0.400. The van der Waals surface area contributed by atoms with E-state index in [1.807, 2.05) is 6.92 Å². The highest BCUT2D eigenvalue weighted by molar-refractivity contribution is 8.01. The number of carbonyl (C=O) groups excluding carboxylic acids is 1. The number of aromatic nitrogens is 2. The Morgan fingerprint density at radius 2 is 2.04 bits per heavy atom. The smallest absolute Gasteiger partial charge is 0.250 e. The minimum Gasteiger partial charge on any atom is -0.299 e. The number of amides is 1. The molecule has 0 unspecified atom stereocenters. The standard InChI is InChI=1S/C15H18Cl2N4O3S3/c1-4-11(13(22)18-14-19-20-15(26-14)25-5-2)21(27(3,23)24)12-8-9(16)6-7-10(12)17/h6-8,11H,4-5H2,1-3H3,(H,18,19,22)/t11-/m1/s1. The maximum Gasteiger partial charge on any atom is 0.250 e. The van der Waals surface area contributed by atoms with E-state index in [4.69, 9.17) is 23.2 Å². The summed E-state index contributed by atoms with van der Waals surface area (Å²) in [6, 6.07) is 3.42. The van der Waals surface area contributed by atoms with Crippen molar-refractivity contribution in [3.8, 4) is 0 Å². The van der Waals surface area contributed by atoms with Gasteiger partial charge in [-0.05, 0) is 30.4 Å². The molecule has 0 aliphatic carbocycles. The van der Waals surface area contributed by atoms with Gasteiger partial charge >= 0.3 is 0 Å². The van der Waals surface area contributed by atoms with Crippen LogP contribution in [-0.2, 0) is 14.8 Å². The number of nitrogens with one attached hydrogen (secondary N) is 1. The zero-order chi connectivity index (χ0) is 20.2. The fourth-order valence-corrected chi connectivity index (χ4v) is 5.61. The van der Waals surface area contributed by atoms with E-state index >= 15 is 0 Å². The van der Waals surface area contributed by atoms with Crippen LogP contribution in [0, 0.1) is 0 Å². The Balaban J connectivity index is 2.36. The number of hydrogen-bond donors (Lipinski definition) is 1. The first-order valence-electron chi connectivity index (χ1n) is 7.89. The summed E-state index contributed by atoms with van der Waals surface area (Å²) in [7, 11) is -3.82. The van der Waals surface area contributed by atoms with Crippen LogP contribution in [0.25, 0.3) is 0 Å². The first-order valence-corrected chi connectivity index (χ1v) is 12.3. The summed E-state index contributed by atoms with van der Waals surface area (Å²) in [6.07, 6.45) is 1.23. The lowest BCUT2D eigenvalue weighted by molar-refractivity contribution is -0.117. The predicted octanol–water partition coefficient (Wildman–Crippen LogP) is 4.14. The van der Waals surface area contributed by atoms with Crippen molar-refractivity contribution in [1.82, 2.24) is 10.2 Å². The second kappa shape index (κ2) is 9.42. The third kappa shape index (κ3) is 5.71. The number of carbonyl (C=O) groups is 1. The van der Waals surface area contributed by atoms with E-state index in [9.17, 15) is 13.2 Å². The van der Waals surface area contributed by atoms with Crippen LogP contribution in [0.5, 0.6) is 0 Å². The summed E-state index contributed by atoms with van der Waals surface area (Å²) >= 11 is 14.9. The molecule has 1 atom stereocenters. The summed E-state index contributed by atoms with van der Waals surface area (Å²) < 4.78 is 26.6. The molecular formula is C15H18Cl2N4O3S3. The van der Waals surface area contributed by atoms with Gasteiger partial charge in [-0.3, -0.25) is 14.4 Å². The molecular weight excluding hydrogens is 451 g/mol. The lowest BCUT2D eigenvalue weighted by atomic mass is 10.2. The Morgan fingerprint density at radius 3 is 2.63 bits per heavy atom. The van der Waals surface area contributed by atoms with Crippen LogP contribution >= 0.6 is 46.3 Å². The lowest BCUT2D eigenvalue weighted by Gasteiger charge is -2.30. The summed E-state index contributed by atoms with van der Waals surface area (Å²) in [4.78, 5) is 12.8. The predicted molar refractivity (Wildman–Crippen MR) is 113 cm³/mol. The molecule has 1 heterocycles. The highest BCUT2D eigenvalue weighted by Crippen LogP contribution is 2.33. The van der Waals surface area contributed by atoms with E-state index in [1.54, 1.807) is 13.0 Å². The maximum atomic E-state index is 12.8. The molecule has 12 heteroatoms. The van der Waals surface area contributed by atoms with E-state index in [2.05, 4.69) is 15.5 Å². The molecule has 148 valence electrons. The zero-order valence-corrected chi connectivity index (χ0v) is 18.7. The zero-order valence-electron chi connectivity index (χ0n) is 14.8. The monoisotopic (exact) mass is 468 g/mol. The Hall–Kier alpha value is -1.07. The number of hydrogen-bond acceptors (Lipinski definition) is 7. The number of benzene rings is 1. The van der Waals surface area contributed by atoms with E-state index in [1.165, 1.54) is 35.2 Å². The van der Waals surface area contributed by atoms with E-state index in [0.29, 0.717) is 10.2 Å². The molecule has 2 rings (SSSR count). The highest BCUT2D eigenvalue weighted by atomic mass is 35.5. The van der Waals surface area contributed by atoms with Gasteiger partial charge in [0.05, 0.1) is 17.0 Å². The molecule has 2 aromatic rings. The molecule has 0 aliphatic rings. The Morgan fingerprint density at radius 1 is 1.33 bits per heavy atom. The van der Waals surface area contributed by atoms with Gasteiger partial charge in [0.15, 0.2) is 4.34 Å². The molecule has 0 spiro atoms. The average molecular weight is 469 g/mol. The number of halogens is 2. The van der Waals surface area contributed by atoms with E-state index in [0.717, 1.165) is 20.7 Å². The molecule has 0 fully saturated rings. The molecule has 0 saturated heterocycles. The van der Waals surface area contributed by atoms with Gasteiger partial charge in [0.25, 0.3) is 0 Å². The quantitative estimate of drug-likeness (QED) is 0.462. The fourth-order valence-electron chi connectivity index (χ4n) is 2.32. The molecule has 1 N–H and O–H groups in total. The van der Waals surface area contributed by atoms with Crippen molar-refractivity contribution < 1.29 is 13.2 Å². The minimum atomic E-state index is -3.82. The summed E-state index contributed by atoms with van der Waals surface area (Å²) in [5.41, 5.74) is 0.146. The molecule has 1 aromatic carbocycles. The third-order valence-electron chi connectivity index (χ3n) is 3.38. The van der Waals surface area contributed by atoms with Gasteiger partial charge in [-0.1, -0.05) is 60.1 Å². The Labute approximate surface area is 176 Å². The first kappa shape index (κ1) is 22.2. The van der Waals surface area contributed by atoms with Crippen LogP contribution in [0.4, 0.5) is 10.8 Å². The number of rotatable bonds is 8. The topological polar surface area (TPSA) is 92.3 Å². The molecule has 1 aromatic heterocycles. The first-order chi connectivity index (χ1) is 12.7. The molecule has 0 saturated carbocycles. The Kier molecular flexibility index (Phi) is 7.75. The summed E-state index contributed by atoms with van der Waals surface area (Å²) in [5, 5.41) is 11.3. The lowest BCUT2D eigenvalue weighted by Crippen LogP contribution is -2.47. The Bertz CT molecular complexity index is 921. The largest absolute Gasteiger partial charge is 0.299 e. The van der Waals surface area contributed by atoms with Crippen LogP contribution < -0.4 is 9.62 Å². The van der Waals surface area contributed by atoms with Crippen LogP contribution in [0.15, 0.2) is 22.5 Å². The third-order valence-corrected chi connectivity index (χ3v) is 6.95. The van der Waals surface area contributed by atoms with Gasteiger partial charge < -0.3 is 0 Å². The van der Waals surface area contributed by atoms with E-state index in [-0.39, 0.29) is 17.1 Å². The maximum absolute atomic E-state index is 12.8. The van der Waals surface area contributed by atoms with Crippen molar-refractivity contribution in [2.24, 2.45) is 0 Å². The van der Waals surface area contributed by atoms with Crippen LogP contribution in [0.3, 0.4) is 0 Å². The number of thioether (sulfide) groups is 1. The van der Waals surface area contributed by atoms with Crippen LogP contribution in [0.1, 0.15) is 20.3 Å². The van der Waals surface area contributed by atoms with Gasteiger partial charge in [-0.25, -0.2) is 8.42 Å². The van der Waals surface area contributed by atoms with Crippen molar-refractivity contribution in [3.05, 3.63) is 28.2 Å². The molecule has 0 radical (unpaired) electrons. The van der Waals surface area contributed by atoms with Crippen LogP contribution in [0.2, 0.25) is 10.0 Å².